The first-order valence-electron chi connectivity index (χ1n) is 6.90. The number of halogens is 4. The predicted molar refractivity (Wildman–Crippen MR) is 89.2 cm³/mol. The highest BCUT2D eigenvalue weighted by Crippen LogP contribution is 2.29. The minimum Gasteiger partial charge on any atom is -0.272 e. The maximum atomic E-state index is 12.6. The summed E-state index contributed by atoms with van der Waals surface area (Å²) in [6.07, 6.45) is -4.55. The number of amides is 2. The molecule has 0 unspecified atom stereocenters. The Kier molecular flexibility index (Phi) is 6.33. The van der Waals surface area contributed by atoms with Crippen LogP contribution in [0, 0.1) is 0 Å². The van der Waals surface area contributed by atoms with Crippen molar-refractivity contribution in [2.75, 3.05) is 5.75 Å². The molecule has 0 aliphatic heterocycles. The van der Waals surface area contributed by atoms with Gasteiger partial charge in [-0.3, -0.25) is 20.4 Å². The zero-order chi connectivity index (χ0) is 18.4. The number of carbonyl (C=O) groups is 2. The number of nitrogens with one attached hydrogen (secondary N) is 2. The standard InChI is InChI=1S/C16H12ClF3N2O2S/c17-12-4-6-13(7-5-12)25-9-14(23)21-22-15(24)10-2-1-3-11(8-10)16(18,19)20/h1-8H,9H2,(H,21,23)(H,22,24). The lowest BCUT2D eigenvalue weighted by Crippen LogP contribution is -2.42. The lowest BCUT2D eigenvalue weighted by molar-refractivity contribution is -0.137. The van der Waals surface area contributed by atoms with Crippen molar-refractivity contribution in [3.63, 3.8) is 0 Å². The molecule has 0 atom stereocenters. The van der Waals surface area contributed by atoms with Crippen LogP contribution in [0.1, 0.15) is 15.9 Å². The molecule has 0 aromatic heterocycles. The minimum absolute atomic E-state index is 0.0184. The fourth-order valence-corrected chi connectivity index (χ4v) is 2.58. The lowest BCUT2D eigenvalue weighted by Gasteiger charge is -2.10. The van der Waals surface area contributed by atoms with E-state index in [2.05, 4.69) is 10.9 Å². The van der Waals surface area contributed by atoms with E-state index >= 15 is 0 Å². The summed E-state index contributed by atoms with van der Waals surface area (Å²) in [5.74, 6) is -1.32. The van der Waals surface area contributed by atoms with Crippen LogP contribution in [0.2, 0.25) is 5.02 Å². The summed E-state index contributed by atoms with van der Waals surface area (Å²) >= 11 is 6.97. The molecule has 2 aromatic rings. The zero-order valence-corrected chi connectivity index (χ0v) is 14.1. The van der Waals surface area contributed by atoms with E-state index in [0.717, 1.165) is 17.0 Å². The molecule has 0 fully saturated rings. The first kappa shape index (κ1) is 19.1. The molecule has 0 aliphatic rings. The molecule has 2 N–H and O–H groups in total. The molecule has 0 heterocycles. The Hall–Kier alpha value is -2.19. The normalized spacial score (nSPS) is 11.0. The Morgan fingerprint density at radius 2 is 1.72 bits per heavy atom. The first-order valence-corrected chi connectivity index (χ1v) is 8.27. The summed E-state index contributed by atoms with van der Waals surface area (Å²) in [4.78, 5) is 24.3. The Labute approximate surface area is 150 Å². The van der Waals surface area contributed by atoms with E-state index in [1.807, 2.05) is 0 Å². The number of rotatable bonds is 4. The predicted octanol–water partition coefficient (Wildman–Crippen LogP) is 3.91. The van der Waals surface area contributed by atoms with Gasteiger partial charge >= 0.3 is 6.18 Å². The molecule has 2 aromatic carbocycles. The second-order valence-corrected chi connectivity index (χ2v) is 6.31. The zero-order valence-electron chi connectivity index (χ0n) is 12.6. The Bertz CT molecular complexity index is 767. The average molecular weight is 389 g/mol. The van der Waals surface area contributed by atoms with Crippen molar-refractivity contribution in [1.29, 1.82) is 0 Å². The van der Waals surface area contributed by atoms with Gasteiger partial charge in [0.1, 0.15) is 0 Å². The number of hydrogen-bond acceptors (Lipinski definition) is 3. The second kappa shape index (κ2) is 8.26. The number of thioether (sulfide) groups is 1. The Morgan fingerprint density at radius 1 is 1.04 bits per heavy atom. The Morgan fingerprint density at radius 3 is 2.36 bits per heavy atom. The third-order valence-corrected chi connectivity index (χ3v) is 4.22. The second-order valence-electron chi connectivity index (χ2n) is 4.82. The summed E-state index contributed by atoms with van der Waals surface area (Å²) in [5, 5.41) is 0.571. The largest absolute Gasteiger partial charge is 0.416 e. The van der Waals surface area contributed by atoms with Gasteiger partial charge in [-0.15, -0.1) is 11.8 Å². The van der Waals surface area contributed by atoms with Crippen molar-refractivity contribution >= 4 is 35.2 Å². The molecule has 0 radical (unpaired) electrons. The maximum absolute atomic E-state index is 12.6. The molecule has 0 bridgehead atoms. The van der Waals surface area contributed by atoms with Crippen LogP contribution in [0.15, 0.2) is 53.4 Å². The highest BCUT2D eigenvalue weighted by molar-refractivity contribution is 8.00. The van der Waals surface area contributed by atoms with Gasteiger partial charge in [0, 0.05) is 15.5 Å². The van der Waals surface area contributed by atoms with Crippen LogP contribution in [-0.2, 0) is 11.0 Å². The van der Waals surface area contributed by atoms with E-state index in [1.165, 1.54) is 17.8 Å². The summed E-state index contributed by atoms with van der Waals surface area (Å²) in [5.41, 5.74) is 3.09. The monoisotopic (exact) mass is 388 g/mol. The molecule has 0 spiro atoms. The molecule has 132 valence electrons. The van der Waals surface area contributed by atoms with Gasteiger partial charge < -0.3 is 0 Å². The fourth-order valence-electron chi connectivity index (χ4n) is 1.75. The van der Waals surface area contributed by atoms with Crippen LogP contribution >= 0.6 is 23.4 Å². The third-order valence-electron chi connectivity index (χ3n) is 2.95. The van der Waals surface area contributed by atoms with Gasteiger partial charge in [0.2, 0.25) is 5.91 Å². The number of hydrogen-bond donors (Lipinski definition) is 2. The smallest absolute Gasteiger partial charge is 0.272 e. The quantitative estimate of drug-likeness (QED) is 0.616. The average Bonchev–Trinajstić information content (AvgIpc) is 2.58. The molecule has 0 aliphatic carbocycles. The van der Waals surface area contributed by atoms with Gasteiger partial charge in [-0.05, 0) is 42.5 Å². The van der Waals surface area contributed by atoms with Crippen LogP contribution in [0.25, 0.3) is 0 Å². The van der Waals surface area contributed by atoms with Crippen molar-refractivity contribution in [3.05, 3.63) is 64.7 Å². The minimum atomic E-state index is -4.55. The first-order chi connectivity index (χ1) is 11.8. The third kappa shape index (κ3) is 5.99. The van der Waals surface area contributed by atoms with Crippen molar-refractivity contribution in [2.45, 2.75) is 11.1 Å². The molecule has 25 heavy (non-hydrogen) atoms. The molecule has 9 heteroatoms. The number of alkyl halides is 3. The lowest BCUT2D eigenvalue weighted by atomic mass is 10.1. The van der Waals surface area contributed by atoms with Gasteiger partial charge in [-0.1, -0.05) is 17.7 Å². The molecule has 4 nitrogen and oxygen atoms in total. The molecular formula is C16H12ClF3N2O2S. The topological polar surface area (TPSA) is 58.2 Å². The number of benzene rings is 2. The highest BCUT2D eigenvalue weighted by atomic mass is 35.5. The van der Waals surface area contributed by atoms with Crippen molar-refractivity contribution < 1.29 is 22.8 Å². The van der Waals surface area contributed by atoms with Crippen LogP contribution in [0.5, 0.6) is 0 Å². The molecule has 0 saturated carbocycles. The Balaban J connectivity index is 1.85. The van der Waals surface area contributed by atoms with Crippen LogP contribution in [0.3, 0.4) is 0 Å². The van der Waals surface area contributed by atoms with Gasteiger partial charge in [0.15, 0.2) is 0 Å². The van der Waals surface area contributed by atoms with E-state index in [4.69, 9.17) is 11.6 Å². The summed E-state index contributed by atoms with van der Waals surface area (Å²) in [6, 6.07) is 10.7. The maximum Gasteiger partial charge on any atom is 0.416 e. The van der Waals surface area contributed by atoms with Gasteiger partial charge in [0.25, 0.3) is 5.91 Å². The molecule has 2 amide bonds. The van der Waals surface area contributed by atoms with E-state index < -0.39 is 23.6 Å². The molecular weight excluding hydrogens is 377 g/mol. The fraction of sp³-hybridized carbons (Fsp3) is 0.125. The van der Waals surface area contributed by atoms with Gasteiger partial charge in [-0.2, -0.15) is 13.2 Å². The van der Waals surface area contributed by atoms with E-state index in [9.17, 15) is 22.8 Å². The summed E-state index contributed by atoms with van der Waals surface area (Å²) in [7, 11) is 0. The van der Waals surface area contributed by atoms with Crippen molar-refractivity contribution in [2.24, 2.45) is 0 Å². The van der Waals surface area contributed by atoms with Crippen LogP contribution in [-0.4, -0.2) is 17.6 Å². The van der Waals surface area contributed by atoms with Crippen LogP contribution < -0.4 is 10.9 Å². The molecule has 2 rings (SSSR count). The van der Waals surface area contributed by atoms with Gasteiger partial charge in [-0.25, -0.2) is 0 Å². The van der Waals surface area contributed by atoms with Crippen LogP contribution in [0.4, 0.5) is 13.2 Å². The summed E-state index contributed by atoms with van der Waals surface area (Å²) < 4.78 is 37.9. The summed E-state index contributed by atoms with van der Waals surface area (Å²) in [6.45, 7) is 0. The van der Waals surface area contributed by atoms with Gasteiger partial charge in [0.05, 0.1) is 11.3 Å². The van der Waals surface area contributed by atoms with E-state index in [1.54, 1.807) is 24.3 Å². The number of hydrazine groups is 1. The number of carbonyl (C=O) groups excluding carboxylic acids is 2. The van der Waals surface area contributed by atoms with Crippen molar-refractivity contribution in [1.82, 2.24) is 10.9 Å². The highest BCUT2D eigenvalue weighted by Gasteiger charge is 2.30. The molecule has 0 saturated heterocycles. The van der Waals surface area contributed by atoms with E-state index in [-0.39, 0.29) is 11.3 Å². The van der Waals surface area contributed by atoms with Crippen molar-refractivity contribution in [3.8, 4) is 0 Å². The SMILES string of the molecule is O=C(CSc1ccc(Cl)cc1)NNC(=O)c1cccc(C(F)(F)F)c1. The van der Waals surface area contributed by atoms with E-state index in [0.29, 0.717) is 11.1 Å².